The molecule has 31 heavy (non-hydrogen) atoms. The number of carbonyl (C=O) groups is 1. The number of amides is 1. The molecule has 3 atom stereocenters. The van der Waals surface area contributed by atoms with Crippen molar-refractivity contribution >= 4 is 16.8 Å². The van der Waals surface area contributed by atoms with Gasteiger partial charge in [-0.15, -0.1) is 0 Å². The van der Waals surface area contributed by atoms with Crippen LogP contribution in [0.4, 0.5) is 4.39 Å². The zero-order valence-corrected chi connectivity index (χ0v) is 18.7. The predicted octanol–water partition coefficient (Wildman–Crippen LogP) is 4.88. The smallest absolute Gasteiger partial charge is 0.223 e. The fraction of sp³-hybridized carbons (Fsp3) is 0.640. The van der Waals surface area contributed by atoms with E-state index in [0.717, 1.165) is 42.1 Å². The van der Waals surface area contributed by atoms with Crippen LogP contribution in [0.2, 0.25) is 0 Å². The molecule has 2 aliphatic heterocycles. The fourth-order valence-electron chi connectivity index (χ4n) is 5.95. The Morgan fingerprint density at radius 3 is 2.65 bits per heavy atom. The van der Waals surface area contributed by atoms with Crippen LogP contribution in [0.25, 0.3) is 10.9 Å². The van der Waals surface area contributed by atoms with Crippen molar-refractivity contribution in [2.24, 2.45) is 5.92 Å². The minimum absolute atomic E-state index is 0.0646. The molecule has 3 fully saturated rings. The number of benzene rings is 1. The van der Waals surface area contributed by atoms with E-state index in [0.29, 0.717) is 30.9 Å². The van der Waals surface area contributed by atoms with Crippen molar-refractivity contribution in [3.05, 3.63) is 29.7 Å². The SMILES string of the molecule is CC1CC2CC(C)(O)CC(C1)N2C(=O)CC(C)c1c[nH]c2ccc(F)c(OC3CC3)c12. The lowest BCUT2D eigenvalue weighted by atomic mass is 9.73. The van der Waals surface area contributed by atoms with Crippen molar-refractivity contribution in [1.29, 1.82) is 0 Å². The van der Waals surface area contributed by atoms with Crippen molar-refractivity contribution in [1.82, 2.24) is 9.88 Å². The monoisotopic (exact) mass is 428 g/mol. The number of rotatable bonds is 5. The van der Waals surface area contributed by atoms with E-state index < -0.39 is 5.60 Å². The Hall–Kier alpha value is -2.08. The number of aromatic nitrogens is 1. The van der Waals surface area contributed by atoms with Gasteiger partial charge in [-0.25, -0.2) is 4.39 Å². The Kier molecular flexibility index (Phi) is 5.04. The zero-order valence-electron chi connectivity index (χ0n) is 18.7. The van der Waals surface area contributed by atoms with Crippen LogP contribution in [-0.2, 0) is 4.79 Å². The fourth-order valence-corrected chi connectivity index (χ4v) is 5.95. The van der Waals surface area contributed by atoms with E-state index in [-0.39, 0.29) is 35.8 Å². The third-order valence-corrected chi connectivity index (χ3v) is 7.38. The van der Waals surface area contributed by atoms with Gasteiger partial charge in [-0.2, -0.15) is 0 Å². The van der Waals surface area contributed by atoms with Gasteiger partial charge in [0.25, 0.3) is 0 Å². The number of halogens is 1. The van der Waals surface area contributed by atoms with Gasteiger partial charge in [0.1, 0.15) is 0 Å². The minimum atomic E-state index is -0.693. The molecule has 0 spiro atoms. The summed E-state index contributed by atoms with van der Waals surface area (Å²) in [6, 6.07) is 3.39. The molecule has 3 heterocycles. The molecule has 1 aromatic heterocycles. The molecule has 0 radical (unpaired) electrons. The molecular formula is C25H33FN2O3. The molecule has 1 saturated carbocycles. The maximum Gasteiger partial charge on any atom is 0.223 e. The highest BCUT2D eigenvalue weighted by Crippen LogP contribution is 2.43. The average molecular weight is 429 g/mol. The number of H-pyrrole nitrogens is 1. The Labute approximate surface area is 183 Å². The molecule has 5 rings (SSSR count). The van der Waals surface area contributed by atoms with Gasteiger partial charge in [0.05, 0.1) is 11.7 Å². The first-order valence-electron chi connectivity index (χ1n) is 11.7. The van der Waals surface area contributed by atoms with Crippen LogP contribution in [0.1, 0.15) is 77.2 Å². The first-order chi connectivity index (χ1) is 14.7. The van der Waals surface area contributed by atoms with Crippen LogP contribution in [0.5, 0.6) is 5.75 Å². The Balaban J connectivity index is 1.39. The Bertz CT molecular complexity index is 978. The van der Waals surface area contributed by atoms with Gasteiger partial charge in [0, 0.05) is 35.6 Å². The highest BCUT2D eigenvalue weighted by atomic mass is 19.1. The number of fused-ring (bicyclic) bond motifs is 3. The van der Waals surface area contributed by atoms with Crippen LogP contribution in [0.15, 0.2) is 18.3 Å². The van der Waals surface area contributed by atoms with Crippen molar-refractivity contribution < 1.29 is 19.0 Å². The van der Waals surface area contributed by atoms with Gasteiger partial charge < -0.3 is 19.7 Å². The van der Waals surface area contributed by atoms with E-state index in [1.807, 2.05) is 20.0 Å². The molecule has 2 bridgehead atoms. The second-order valence-corrected chi connectivity index (χ2v) is 10.6. The molecule has 2 saturated heterocycles. The van der Waals surface area contributed by atoms with Gasteiger partial charge in [0.2, 0.25) is 5.91 Å². The number of piperidine rings is 2. The van der Waals surface area contributed by atoms with Crippen LogP contribution in [0.3, 0.4) is 0 Å². The molecule has 1 aromatic carbocycles. The first kappa shape index (κ1) is 20.8. The topological polar surface area (TPSA) is 65.6 Å². The number of carbonyl (C=O) groups excluding carboxylic acids is 1. The quantitative estimate of drug-likeness (QED) is 0.713. The van der Waals surface area contributed by atoms with Crippen molar-refractivity contribution in [3.8, 4) is 5.75 Å². The number of aliphatic hydroxyl groups is 1. The summed E-state index contributed by atoms with van der Waals surface area (Å²) in [6.45, 7) is 6.17. The van der Waals surface area contributed by atoms with E-state index in [2.05, 4.69) is 16.8 Å². The molecule has 3 unspecified atom stereocenters. The lowest BCUT2D eigenvalue weighted by molar-refractivity contribution is -0.152. The van der Waals surface area contributed by atoms with E-state index in [9.17, 15) is 14.3 Å². The van der Waals surface area contributed by atoms with E-state index in [1.165, 1.54) is 6.07 Å². The summed E-state index contributed by atoms with van der Waals surface area (Å²) >= 11 is 0. The van der Waals surface area contributed by atoms with E-state index in [4.69, 9.17) is 4.74 Å². The molecule has 6 heteroatoms. The maximum atomic E-state index is 14.6. The lowest BCUT2D eigenvalue weighted by Crippen LogP contribution is -2.60. The van der Waals surface area contributed by atoms with Crippen LogP contribution < -0.4 is 4.74 Å². The van der Waals surface area contributed by atoms with E-state index in [1.54, 1.807) is 6.07 Å². The summed E-state index contributed by atoms with van der Waals surface area (Å²) in [4.78, 5) is 18.7. The van der Waals surface area contributed by atoms with Gasteiger partial charge in [-0.1, -0.05) is 13.8 Å². The number of nitrogens with zero attached hydrogens (tertiary/aromatic N) is 1. The molecule has 2 N–H and O–H groups in total. The zero-order chi connectivity index (χ0) is 21.9. The van der Waals surface area contributed by atoms with Gasteiger partial charge in [-0.05, 0) is 75.0 Å². The van der Waals surface area contributed by atoms with Crippen LogP contribution in [-0.4, -0.2) is 44.7 Å². The summed E-state index contributed by atoms with van der Waals surface area (Å²) in [5.74, 6) is 0.618. The number of ether oxygens (including phenoxy) is 1. The van der Waals surface area contributed by atoms with Crippen molar-refractivity contribution in [2.75, 3.05) is 0 Å². The van der Waals surface area contributed by atoms with Gasteiger partial charge in [0.15, 0.2) is 11.6 Å². The third kappa shape index (κ3) is 3.95. The third-order valence-electron chi connectivity index (χ3n) is 7.38. The summed E-state index contributed by atoms with van der Waals surface area (Å²) < 4.78 is 20.5. The summed E-state index contributed by atoms with van der Waals surface area (Å²) in [5.41, 5.74) is 1.08. The molecule has 1 amide bonds. The number of nitrogens with one attached hydrogen (secondary N) is 1. The van der Waals surface area contributed by atoms with E-state index >= 15 is 0 Å². The van der Waals surface area contributed by atoms with Crippen molar-refractivity contribution in [2.45, 2.75) is 95.4 Å². The highest BCUT2D eigenvalue weighted by Gasteiger charge is 2.46. The minimum Gasteiger partial charge on any atom is -0.487 e. The molecule has 168 valence electrons. The number of hydrogen-bond donors (Lipinski definition) is 2. The Morgan fingerprint density at radius 1 is 1.32 bits per heavy atom. The van der Waals surface area contributed by atoms with Gasteiger partial charge >= 0.3 is 0 Å². The highest BCUT2D eigenvalue weighted by molar-refractivity contribution is 5.91. The average Bonchev–Trinajstić information content (AvgIpc) is 3.37. The number of aromatic amines is 1. The standard InChI is InChI=1S/C25H33FN2O3/c1-14-8-16-11-25(3,30)12-17(9-14)28(16)22(29)10-15(2)19-13-27-21-7-6-20(26)24(23(19)21)31-18-4-5-18/h6-7,13-18,27,30H,4-5,8-12H2,1-3H3. The first-order valence-corrected chi connectivity index (χ1v) is 11.7. The molecule has 5 nitrogen and oxygen atoms in total. The number of hydrogen-bond acceptors (Lipinski definition) is 3. The predicted molar refractivity (Wildman–Crippen MR) is 118 cm³/mol. The molecule has 2 aromatic rings. The second-order valence-electron chi connectivity index (χ2n) is 10.6. The van der Waals surface area contributed by atoms with Gasteiger partial charge in [-0.3, -0.25) is 4.79 Å². The maximum absolute atomic E-state index is 14.6. The summed E-state index contributed by atoms with van der Waals surface area (Å²) in [6.07, 6.45) is 7.48. The lowest BCUT2D eigenvalue weighted by Gasteiger charge is -2.53. The summed E-state index contributed by atoms with van der Waals surface area (Å²) in [7, 11) is 0. The normalized spacial score (nSPS) is 31.6. The second kappa shape index (κ2) is 7.51. The van der Waals surface area contributed by atoms with Crippen LogP contribution >= 0.6 is 0 Å². The Morgan fingerprint density at radius 2 is 2.00 bits per heavy atom. The molecule has 1 aliphatic carbocycles. The largest absolute Gasteiger partial charge is 0.487 e. The van der Waals surface area contributed by atoms with Crippen molar-refractivity contribution in [3.63, 3.8) is 0 Å². The summed E-state index contributed by atoms with van der Waals surface area (Å²) in [5, 5.41) is 11.4. The molecule has 3 aliphatic rings. The molecular weight excluding hydrogens is 395 g/mol. The van der Waals surface area contributed by atoms with Crippen LogP contribution in [0, 0.1) is 11.7 Å².